The number of ether oxygens (including phenoxy) is 1. The molecule has 0 saturated carbocycles. The fourth-order valence-electron chi connectivity index (χ4n) is 3.50. The lowest BCUT2D eigenvalue weighted by atomic mass is 10.2. The molecule has 1 aromatic rings. The lowest BCUT2D eigenvalue weighted by Crippen LogP contribution is -2.49. The number of carbonyl (C=O) groups is 1. The number of hydrogen-bond donors (Lipinski definition) is 1. The summed E-state index contributed by atoms with van der Waals surface area (Å²) in [7, 11) is -3.24. The number of piperazine rings is 1. The zero-order valence-electron chi connectivity index (χ0n) is 17.1. The SMILES string of the molecule is CCC(=S)NCC1CN(c2ccc(N3CCN(S(=O)(=O)CC)CC3)c(F)c2)C(=O)O1. The summed E-state index contributed by atoms with van der Waals surface area (Å²) in [4.78, 5) is 16.1. The van der Waals surface area contributed by atoms with Gasteiger partial charge < -0.3 is 15.0 Å². The van der Waals surface area contributed by atoms with Crippen LogP contribution in [0.25, 0.3) is 0 Å². The molecule has 1 N–H and O–H groups in total. The minimum absolute atomic E-state index is 0.0583. The van der Waals surface area contributed by atoms with E-state index in [4.69, 9.17) is 17.0 Å². The lowest BCUT2D eigenvalue weighted by Gasteiger charge is -2.35. The quantitative estimate of drug-likeness (QED) is 0.626. The molecule has 1 unspecified atom stereocenters. The van der Waals surface area contributed by atoms with Gasteiger partial charge in [-0.25, -0.2) is 17.6 Å². The van der Waals surface area contributed by atoms with Crippen LogP contribution in [-0.4, -0.2) is 74.9 Å². The zero-order valence-corrected chi connectivity index (χ0v) is 18.8. The van der Waals surface area contributed by atoms with Gasteiger partial charge in [-0.15, -0.1) is 0 Å². The van der Waals surface area contributed by atoms with E-state index in [1.54, 1.807) is 19.1 Å². The number of sulfonamides is 1. The van der Waals surface area contributed by atoms with Crippen molar-refractivity contribution in [2.75, 3.05) is 54.8 Å². The van der Waals surface area contributed by atoms with Crippen LogP contribution >= 0.6 is 12.2 Å². The number of benzene rings is 1. The van der Waals surface area contributed by atoms with Crippen LogP contribution in [0.2, 0.25) is 0 Å². The van der Waals surface area contributed by atoms with Crippen LogP contribution in [0.15, 0.2) is 18.2 Å². The predicted molar refractivity (Wildman–Crippen MR) is 118 cm³/mol. The van der Waals surface area contributed by atoms with E-state index < -0.39 is 21.9 Å². The minimum atomic E-state index is -3.24. The van der Waals surface area contributed by atoms with Gasteiger partial charge in [-0.2, -0.15) is 4.31 Å². The minimum Gasteiger partial charge on any atom is -0.442 e. The Bertz CT molecular complexity index is 904. The van der Waals surface area contributed by atoms with E-state index >= 15 is 0 Å². The number of thiocarbonyl (C=S) groups is 1. The molecule has 0 aromatic heterocycles. The summed E-state index contributed by atoms with van der Waals surface area (Å²) >= 11 is 5.11. The van der Waals surface area contributed by atoms with E-state index in [9.17, 15) is 17.6 Å². The second-order valence-electron chi connectivity index (χ2n) is 7.20. The smallest absolute Gasteiger partial charge is 0.414 e. The molecule has 8 nitrogen and oxygen atoms in total. The van der Waals surface area contributed by atoms with Gasteiger partial charge in [-0.05, 0) is 31.5 Å². The Kier molecular flexibility index (Phi) is 7.14. The van der Waals surface area contributed by atoms with Crippen LogP contribution in [0, 0.1) is 5.82 Å². The molecule has 30 heavy (non-hydrogen) atoms. The van der Waals surface area contributed by atoms with Crippen molar-refractivity contribution in [1.29, 1.82) is 0 Å². The van der Waals surface area contributed by atoms with Crippen LogP contribution in [-0.2, 0) is 14.8 Å². The number of anilines is 2. The van der Waals surface area contributed by atoms with Crippen molar-refractivity contribution in [2.24, 2.45) is 0 Å². The van der Waals surface area contributed by atoms with Crippen LogP contribution in [0.3, 0.4) is 0 Å². The second-order valence-corrected chi connectivity index (χ2v) is 9.95. The third-order valence-electron chi connectivity index (χ3n) is 5.30. The predicted octanol–water partition coefficient (Wildman–Crippen LogP) is 1.95. The highest BCUT2D eigenvalue weighted by Gasteiger charge is 2.33. The maximum absolute atomic E-state index is 14.8. The molecular formula is C19H27FN4O4S2. The van der Waals surface area contributed by atoms with E-state index in [1.165, 1.54) is 15.3 Å². The Hall–Kier alpha value is -1.98. The van der Waals surface area contributed by atoms with Gasteiger partial charge >= 0.3 is 6.09 Å². The molecule has 1 atom stereocenters. The first-order valence-corrected chi connectivity index (χ1v) is 12.0. The van der Waals surface area contributed by atoms with Crippen molar-refractivity contribution in [3.05, 3.63) is 24.0 Å². The number of cyclic esters (lactones) is 1. The van der Waals surface area contributed by atoms with Crippen molar-refractivity contribution in [3.8, 4) is 0 Å². The summed E-state index contributed by atoms with van der Waals surface area (Å²) in [6, 6.07) is 4.62. The molecule has 0 bridgehead atoms. The Labute approximate surface area is 182 Å². The highest BCUT2D eigenvalue weighted by Crippen LogP contribution is 2.28. The maximum Gasteiger partial charge on any atom is 0.414 e. The number of rotatable bonds is 7. The Morgan fingerprint density at radius 1 is 1.27 bits per heavy atom. The largest absolute Gasteiger partial charge is 0.442 e. The molecule has 0 radical (unpaired) electrons. The molecule has 2 saturated heterocycles. The molecule has 1 amide bonds. The van der Waals surface area contributed by atoms with Gasteiger partial charge in [0.2, 0.25) is 10.0 Å². The van der Waals surface area contributed by atoms with E-state index in [2.05, 4.69) is 5.32 Å². The molecule has 0 spiro atoms. The zero-order chi connectivity index (χ0) is 21.9. The topological polar surface area (TPSA) is 82.2 Å². The summed E-state index contributed by atoms with van der Waals surface area (Å²) in [6.45, 7) is 5.75. The van der Waals surface area contributed by atoms with E-state index in [0.717, 1.165) is 0 Å². The highest BCUT2D eigenvalue weighted by atomic mass is 32.2. The van der Waals surface area contributed by atoms with Gasteiger partial charge in [-0.1, -0.05) is 19.1 Å². The van der Waals surface area contributed by atoms with Gasteiger partial charge in [0.05, 0.1) is 35.2 Å². The summed E-state index contributed by atoms with van der Waals surface area (Å²) in [5, 5.41) is 3.05. The fraction of sp³-hybridized carbons (Fsp3) is 0.579. The molecule has 1 aromatic carbocycles. The van der Waals surface area contributed by atoms with Gasteiger partial charge in [-0.3, -0.25) is 4.90 Å². The first-order valence-electron chi connectivity index (χ1n) is 10.0. The van der Waals surface area contributed by atoms with Crippen molar-refractivity contribution in [1.82, 2.24) is 9.62 Å². The summed E-state index contributed by atoms with van der Waals surface area (Å²) in [5.41, 5.74) is 0.820. The molecule has 2 aliphatic rings. The van der Waals surface area contributed by atoms with Crippen molar-refractivity contribution in [3.63, 3.8) is 0 Å². The molecule has 0 aliphatic carbocycles. The van der Waals surface area contributed by atoms with E-state index in [-0.39, 0.29) is 11.9 Å². The monoisotopic (exact) mass is 458 g/mol. The van der Waals surface area contributed by atoms with Crippen LogP contribution in [0.5, 0.6) is 0 Å². The molecule has 2 heterocycles. The van der Waals surface area contributed by atoms with Crippen molar-refractivity contribution < 1.29 is 22.3 Å². The van der Waals surface area contributed by atoms with Gasteiger partial charge in [0.1, 0.15) is 11.9 Å². The number of nitrogens with one attached hydrogen (secondary N) is 1. The molecule has 11 heteroatoms. The third-order valence-corrected chi connectivity index (χ3v) is 7.62. The van der Waals surface area contributed by atoms with Gasteiger partial charge in [0.25, 0.3) is 0 Å². The number of halogens is 1. The summed E-state index contributed by atoms with van der Waals surface area (Å²) < 4.78 is 45.6. The molecule has 166 valence electrons. The first-order chi connectivity index (χ1) is 14.2. The van der Waals surface area contributed by atoms with Crippen molar-refractivity contribution >= 4 is 44.7 Å². The van der Waals surface area contributed by atoms with E-state index in [0.29, 0.717) is 62.1 Å². The maximum atomic E-state index is 14.8. The normalized spacial score (nSPS) is 20.4. The molecule has 2 fully saturated rings. The van der Waals surface area contributed by atoms with Crippen molar-refractivity contribution in [2.45, 2.75) is 26.4 Å². The van der Waals surface area contributed by atoms with Gasteiger partial charge in [0.15, 0.2) is 0 Å². The summed E-state index contributed by atoms with van der Waals surface area (Å²) in [6.07, 6.45) is -0.168. The highest BCUT2D eigenvalue weighted by molar-refractivity contribution is 7.89. The molecule has 2 aliphatic heterocycles. The van der Waals surface area contributed by atoms with Crippen LogP contribution < -0.4 is 15.1 Å². The number of amides is 1. The Morgan fingerprint density at radius 3 is 2.57 bits per heavy atom. The Balaban J connectivity index is 1.63. The Morgan fingerprint density at radius 2 is 1.97 bits per heavy atom. The fourth-order valence-corrected chi connectivity index (χ4v) is 4.67. The number of hydrogen-bond acceptors (Lipinski definition) is 6. The lowest BCUT2D eigenvalue weighted by molar-refractivity contribution is 0.143. The summed E-state index contributed by atoms with van der Waals surface area (Å²) in [5.74, 6) is -0.399. The average Bonchev–Trinajstić information content (AvgIpc) is 3.12. The first kappa shape index (κ1) is 22.7. The number of carbonyl (C=O) groups excluding carboxylic acids is 1. The van der Waals surface area contributed by atoms with Crippen LogP contribution in [0.4, 0.5) is 20.6 Å². The molecular weight excluding hydrogens is 431 g/mol. The van der Waals surface area contributed by atoms with Gasteiger partial charge in [0, 0.05) is 26.2 Å². The third kappa shape index (κ3) is 5.01. The standard InChI is InChI=1S/C19H27FN4O4S2/c1-3-18(29)21-12-15-13-24(19(25)28-15)14-5-6-17(16(20)11-14)22-7-9-23(10-8-22)30(26,27)4-2/h5-6,11,15H,3-4,7-10,12-13H2,1-2H3,(H,21,29). The second kappa shape index (κ2) is 9.44. The molecule has 3 rings (SSSR count). The van der Waals surface area contributed by atoms with Crippen LogP contribution in [0.1, 0.15) is 20.3 Å². The average molecular weight is 459 g/mol. The van der Waals surface area contributed by atoms with E-state index in [1.807, 2.05) is 11.8 Å². The number of nitrogens with zero attached hydrogens (tertiary/aromatic N) is 3.